The van der Waals surface area contributed by atoms with Crippen LogP contribution < -0.4 is 5.73 Å². The lowest BCUT2D eigenvalue weighted by Gasteiger charge is -2.22. The minimum atomic E-state index is -5.08. The van der Waals surface area contributed by atoms with Crippen LogP contribution in [0.3, 0.4) is 0 Å². The largest absolute Gasteiger partial charge is 0.490 e. The van der Waals surface area contributed by atoms with Crippen molar-refractivity contribution in [1.29, 1.82) is 0 Å². The Kier molecular flexibility index (Phi) is 8.47. The first-order chi connectivity index (χ1) is 15.0. The number of hydrogen-bond acceptors (Lipinski definition) is 6. The number of anilines is 1. The van der Waals surface area contributed by atoms with Gasteiger partial charge in [-0.1, -0.05) is 18.2 Å². The molecule has 0 unspecified atom stereocenters. The average molecular weight is 457 g/mol. The molecule has 0 spiro atoms. The highest BCUT2D eigenvalue weighted by Gasteiger charge is 2.38. The van der Waals surface area contributed by atoms with Gasteiger partial charge in [-0.2, -0.15) is 13.2 Å². The van der Waals surface area contributed by atoms with Crippen LogP contribution in [0.4, 0.5) is 23.5 Å². The highest BCUT2D eigenvalue weighted by atomic mass is 19.4. The van der Waals surface area contributed by atoms with Gasteiger partial charge in [0.05, 0.1) is 0 Å². The molecule has 3 rings (SSSR count). The summed E-state index contributed by atoms with van der Waals surface area (Å²) < 4.78 is 45.6. The number of nitrogens with two attached hydrogens (primary N) is 1. The van der Waals surface area contributed by atoms with Gasteiger partial charge in [-0.15, -0.1) is 0 Å². The fraction of sp³-hybridized carbons (Fsp3) is 0.400. The quantitative estimate of drug-likeness (QED) is 0.681. The first-order valence-electron chi connectivity index (χ1n) is 9.63. The van der Waals surface area contributed by atoms with Crippen LogP contribution >= 0.6 is 0 Å². The Hall–Kier alpha value is -3.28. The molecule has 1 aromatic heterocycles. The summed E-state index contributed by atoms with van der Waals surface area (Å²) in [6, 6.07) is 8.46. The number of carbonyl (C=O) groups is 2. The highest BCUT2D eigenvalue weighted by molar-refractivity contribution is 5.92. The smallest absolute Gasteiger partial charge is 0.475 e. The SMILES string of the molecule is Cc1cc(C(=O)N2CCCN(Cc3ccccc3F)CC2)nc(N)n1.O=C(O)C(F)(F)F. The predicted octanol–water partition coefficient (Wildman–Crippen LogP) is 2.49. The van der Waals surface area contributed by atoms with Crippen LogP contribution in [-0.4, -0.2) is 69.1 Å². The molecule has 174 valence electrons. The number of alkyl halides is 3. The summed E-state index contributed by atoms with van der Waals surface area (Å²) in [6.07, 6.45) is -4.25. The van der Waals surface area contributed by atoms with Crippen LogP contribution in [0.25, 0.3) is 0 Å². The maximum atomic E-state index is 13.8. The van der Waals surface area contributed by atoms with Gasteiger partial charge in [-0.3, -0.25) is 9.69 Å². The Morgan fingerprint density at radius 3 is 2.38 bits per heavy atom. The summed E-state index contributed by atoms with van der Waals surface area (Å²) in [4.78, 5) is 33.6. The Labute approximate surface area is 181 Å². The third-order valence-electron chi connectivity index (χ3n) is 4.56. The van der Waals surface area contributed by atoms with E-state index in [9.17, 15) is 22.4 Å². The molecule has 1 aromatic carbocycles. The van der Waals surface area contributed by atoms with Gasteiger partial charge < -0.3 is 15.7 Å². The van der Waals surface area contributed by atoms with E-state index in [1.807, 2.05) is 6.07 Å². The predicted molar refractivity (Wildman–Crippen MR) is 107 cm³/mol. The van der Waals surface area contributed by atoms with Crippen molar-refractivity contribution in [2.75, 3.05) is 31.9 Å². The lowest BCUT2D eigenvalue weighted by atomic mass is 10.2. The van der Waals surface area contributed by atoms with Gasteiger partial charge in [0, 0.05) is 44.0 Å². The van der Waals surface area contributed by atoms with E-state index >= 15 is 0 Å². The zero-order valence-corrected chi connectivity index (χ0v) is 17.3. The summed E-state index contributed by atoms with van der Waals surface area (Å²) in [5, 5.41) is 7.12. The van der Waals surface area contributed by atoms with Gasteiger partial charge in [0.2, 0.25) is 5.95 Å². The molecule has 0 atom stereocenters. The van der Waals surface area contributed by atoms with E-state index in [-0.39, 0.29) is 17.7 Å². The molecule has 0 radical (unpaired) electrons. The number of aromatic nitrogens is 2. The molecule has 2 heterocycles. The number of rotatable bonds is 3. The average Bonchev–Trinajstić information content (AvgIpc) is 2.94. The summed E-state index contributed by atoms with van der Waals surface area (Å²) in [6.45, 7) is 5.08. The molecule has 0 bridgehead atoms. The molecule has 1 fully saturated rings. The number of aryl methyl sites for hydroxylation is 1. The minimum absolute atomic E-state index is 0.111. The first kappa shape index (κ1) is 25.0. The number of benzene rings is 1. The number of halogens is 4. The van der Waals surface area contributed by atoms with Crippen LogP contribution in [-0.2, 0) is 11.3 Å². The Balaban J connectivity index is 0.000000451. The fourth-order valence-corrected chi connectivity index (χ4v) is 3.06. The van der Waals surface area contributed by atoms with Gasteiger partial charge in [0.1, 0.15) is 11.5 Å². The zero-order chi connectivity index (χ0) is 23.9. The second-order valence-electron chi connectivity index (χ2n) is 7.07. The van der Waals surface area contributed by atoms with Crippen molar-refractivity contribution in [1.82, 2.24) is 19.8 Å². The van der Waals surface area contributed by atoms with E-state index in [0.717, 1.165) is 13.0 Å². The molecule has 3 N–H and O–H groups in total. The lowest BCUT2D eigenvalue weighted by molar-refractivity contribution is -0.192. The van der Waals surface area contributed by atoms with Crippen molar-refractivity contribution >= 4 is 17.8 Å². The normalized spacial score (nSPS) is 14.8. The summed E-state index contributed by atoms with van der Waals surface area (Å²) in [5.41, 5.74) is 7.32. The van der Waals surface area contributed by atoms with Gasteiger partial charge in [0.15, 0.2) is 0 Å². The third kappa shape index (κ3) is 7.45. The monoisotopic (exact) mass is 457 g/mol. The van der Waals surface area contributed by atoms with E-state index < -0.39 is 12.1 Å². The molecule has 2 aromatic rings. The van der Waals surface area contributed by atoms with Gasteiger partial charge >= 0.3 is 12.1 Å². The first-order valence-corrected chi connectivity index (χ1v) is 9.63. The van der Waals surface area contributed by atoms with Gasteiger partial charge in [-0.25, -0.2) is 19.2 Å². The number of carboxylic acids is 1. The van der Waals surface area contributed by atoms with Crippen molar-refractivity contribution in [2.45, 2.75) is 26.1 Å². The summed E-state index contributed by atoms with van der Waals surface area (Å²) in [7, 11) is 0. The molecular formula is C20H23F4N5O3. The van der Waals surface area contributed by atoms with Crippen molar-refractivity contribution in [3.63, 3.8) is 0 Å². The summed E-state index contributed by atoms with van der Waals surface area (Å²) >= 11 is 0. The lowest BCUT2D eigenvalue weighted by Crippen LogP contribution is -2.35. The van der Waals surface area contributed by atoms with E-state index in [4.69, 9.17) is 15.6 Å². The number of aliphatic carboxylic acids is 1. The topological polar surface area (TPSA) is 113 Å². The van der Waals surface area contributed by atoms with Crippen molar-refractivity contribution < 1.29 is 32.3 Å². The van der Waals surface area contributed by atoms with E-state index in [0.29, 0.717) is 43.1 Å². The zero-order valence-electron chi connectivity index (χ0n) is 17.3. The molecule has 1 aliphatic rings. The summed E-state index contributed by atoms with van der Waals surface area (Å²) in [5.74, 6) is -2.97. The van der Waals surface area contributed by atoms with Crippen molar-refractivity contribution in [2.24, 2.45) is 0 Å². The number of hydrogen-bond donors (Lipinski definition) is 2. The Morgan fingerprint density at radius 1 is 1.12 bits per heavy atom. The number of carboxylic acid groups (broad SMARTS) is 1. The molecular weight excluding hydrogens is 434 g/mol. The number of nitrogen functional groups attached to an aromatic ring is 1. The van der Waals surface area contributed by atoms with Crippen LogP contribution in [0, 0.1) is 12.7 Å². The molecule has 1 saturated heterocycles. The Morgan fingerprint density at radius 2 is 1.78 bits per heavy atom. The van der Waals surface area contributed by atoms with Crippen LogP contribution in [0.2, 0.25) is 0 Å². The van der Waals surface area contributed by atoms with Crippen LogP contribution in [0.5, 0.6) is 0 Å². The molecule has 8 nitrogen and oxygen atoms in total. The Bertz CT molecular complexity index is 935. The molecule has 32 heavy (non-hydrogen) atoms. The second kappa shape index (κ2) is 10.8. The molecule has 0 saturated carbocycles. The number of amides is 1. The molecule has 12 heteroatoms. The number of carbonyl (C=O) groups excluding carboxylic acids is 1. The van der Waals surface area contributed by atoms with Gasteiger partial charge in [0.25, 0.3) is 5.91 Å². The minimum Gasteiger partial charge on any atom is -0.475 e. The van der Waals surface area contributed by atoms with E-state index in [1.165, 1.54) is 6.07 Å². The number of nitrogens with zero attached hydrogens (tertiary/aromatic N) is 4. The van der Waals surface area contributed by atoms with E-state index in [2.05, 4.69) is 14.9 Å². The second-order valence-corrected chi connectivity index (χ2v) is 7.07. The van der Waals surface area contributed by atoms with E-state index in [1.54, 1.807) is 30.0 Å². The highest BCUT2D eigenvalue weighted by Crippen LogP contribution is 2.14. The van der Waals surface area contributed by atoms with Crippen LogP contribution in [0.15, 0.2) is 30.3 Å². The maximum Gasteiger partial charge on any atom is 0.490 e. The fourth-order valence-electron chi connectivity index (χ4n) is 3.06. The van der Waals surface area contributed by atoms with Gasteiger partial charge in [-0.05, 0) is 25.5 Å². The third-order valence-corrected chi connectivity index (χ3v) is 4.56. The molecule has 0 aliphatic carbocycles. The van der Waals surface area contributed by atoms with Crippen molar-refractivity contribution in [3.05, 3.63) is 53.1 Å². The molecule has 1 aliphatic heterocycles. The van der Waals surface area contributed by atoms with Crippen molar-refractivity contribution in [3.8, 4) is 0 Å². The maximum absolute atomic E-state index is 13.8. The molecule has 1 amide bonds. The van der Waals surface area contributed by atoms with Crippen LogP contribution in [0.1, 0.15) is 28.2 Å². The standard InChI is InChI=1S/C18H22FN5O.C2HF3O2/c1-13-11-16(22-18(20)21-13)17(25)24-8-4-7-23(9-10-24)12-14-5-2-3-6-15(14)19;3-2(4,5)1(6)7/h2-3,5-6,11H,4,7-10,12H2,1H3,(H2,20,21,22);(H,6,7).